The molecule has 236 valence electrons. The van der Waals surface area contributed by atoms with Crippen LogP contribution in [-0.4, -0.2) is 107 Å². The number of anilines is 6. The van der Waals surface area contributed by atoms with Crippen molar-refractivity contribution in [2.75, 3.05) is 86.1 Å². The first-order valence-corrected chi connectivity index (χ1v) is 16.4. The van der Waals surface area contributed by atoms with Crippen LogP contribution >= 0.6 is 11.6 Å². The van der Waals surface area contributed by atoms with Crippen molar-refractivity contribution in [1.29, 1.82) is 0 Å². The number of para-hydroxylation sites is 2. The van der Waals surface area contributed by atoms with Gasteiger partial charge in [0.1, 0.15) is 21.8 Å². The van der Waals surface area contributed by atoms with Crippen LogP contribution in [0.3, 0.4) is 0 Å². The minimum Gasteiger partial charge on any atom is -0.494 e. The highest BCUT2D eigenvalue weighted by atomic mass is 35.5. The molecule has 14 heteroatoms. The molecular weight excluding hydrogens is 604 g/mol. The zero-order valence-electron chi connectivity index (χ0n) is 25.2. The van der Waals surface area contributed by atoms with E-state index in [-0.39, 0.29) is 6.54 Å². The summed E-state index contributed by atoms with van der Waals surface area (Å²) in [4.78, 5) is 26.9. The van der Waals surface area contributed by atoms with Crippen molar-refractivity contribution in [3.8, 4) is 5.75 Å². The van der Waals surface area contributed by atoms with Crippen LogP contribution in [0.15, 0.2) is 48.7 Å². The van der Waals surface area contributed by atoms with E-state index in [9.17, 15) is 9.00 Å². The van der Waals surface area contributed by atoms with Crippen molar-refractivity contribution < 1.29 is 18.8 Å². The summed E-state index contributed by atoms with van der Waals surface area (Å²) in [6.45, 7) is 5.44. The number of aromatic nitrogens is 2. The van der Waals surface area contributed by atoms with Crippen LogP contribution in [0.4, 0.5) is 34.5 Å². The van der Waals surface area contributed by atoms with E-state index in [0.29, 0.717) is 34.3 Å². The quantitative estimate of drug-likeness (QED) is 0.281. The van der Waals surface area contributed by atoms with Crippen molar-refractivity contribution >= 4 is 63.1 Å². The maximum Gasteiger partial charge on any atom is 0.317 e. The number of carbonyl (C=O) groups is 1. The molecule has 0 bridgehead atoms. The molecule has 0 saturated carbocycles. The molecule has 12 nitrogen and oxygen atoms in total. The highest BCUT2D eigenvalue weighted by Gasteiger charge is 2.28. The minimum absolute atomic E-state index is 0.122. The molecule has 1 unspecified atom stereocenters. The maximum absolute atomic E-state index is 12.1. The van der Waals surface area contributed by atoms with Crippen molar-refractivity contribution in [2.24, 2.45) is 0 Å². The molecule has 0 aliphatic carbocycles. The molecule has 1 atom stereocenters. The molecule has 0 amide bonds. The van der Waals surface area contributed by atoms with Gasteiger partial charge in [-0.05, 0) is 37.1 Å². The van der Waals surface area contributed by atoms with Gasteiger partial charge < -0.3 is 25.4 Å². The zero-order chi connectivity index (χ0) is 31.2. The number of carboxylic acid groups (broad SMARTS) is 1. The number of nitrogens with one attached hydrogen (secondary N) is 2. The fourth-order valence-electron chi connectivity index (χ4n) is 5.70. The first-order chi connectivity index (χ1) is 21.2. The van der Waals surface area contributed by atoms with Crippen molar-refractivity contribution in [3.63, 3.8) is 0 Å². The number of ether oxygens (including phenoxy) is 1. The maximum atomic E-state index is 12.1. The van der Waals surface area contributed by atoms with Crippen LogP contribution in [0.5, 0.6) is 5.75 Å². The summed E-state index contributed by atoms with van der Waals surface area (Å²) in [5, 5.41) is 15.9. The summed E-state index contributed by atoms with van der Waals surface area (Å²) in [6, 6.07) is 14.1. The van der Waals surface area contributed by atoms with Crippen LogP contribution in [0.1, 0.15) is 12.8 Å². The van der Waals surface area contributed by atoms with Crippen LogP contribution in [0.2, 0.25) is 5.02 Å². The predicted octanol–water partition coefficient (Wildman–Crippen LogP) is 4.03. The van der Waals surface area contributed by atoms with Gasteiger partial charge in [-0.25, -0.2) is 9.19 Å². The van der Waals surface area contributed by atoms with E-state index in [1.807, 2.05) is 41.3 Å². The summed E-state index contributed by atoms with van der Waals surface area (Å²) in [5.74, 6) is 0.666. The topological polar surface area (TPSA) is 126 Å². The van der Waals surface area contributed by atoms with Gasteiger partial charge in [-0.2, -0.15) is 4.98 Å². The zero-order valence-corrected chi connectivity index (χ0v) is 26.8. The van der Waals surface area contributed by atoms with Crippen LogP contribution < -0.4 is 24.6 Å². The Morgan fingerprint density at radius 3 is 2.50 bits per heavy atom. The Balaban J connectivity index is 1.22. The molecule has 0 spiro atoms. The van der Waals surface area contributed by atoms with Gasteiger partial charge in [0.25, 0.3) is 0 Å². The second-order valence-electron chi connectivity index (χ2n) is 10.9. The van der Waals surface area contributed by atoms with E-state index in [0.717, 1.165) is 69.2 Å². The molecule has 44 heavy (non-hydrogen) atoms. The van der Waals surface area contributed by atoms with Gasteiger partial charge in [0.15, 0.2) is 5.82 Å². The second-order valence-corrected chi connectivity index (χ2v) is 12.7. The lowest BCUT2D eigenvalue weighted by atomic mass is 10.0. The molecular formula is C30H39ClN8O4S. The highest BCUT2D eigenvalue weighted by molar-refractivity contribution is 7.85. The molecule has 2 aromatic carbocycles. The Morgan fingerprint density at radius 1 is 1.09 bits per heavy atom. The number of benzene rings is 2. The van der Waals surface area contributed by atoms with E-state index in [2.05, 4.69) is 36.5 Å². The van der Waals surface area contributed by atoms with E-state index >= 15 is 0 Å². The standard InChI is InChI=1S/C30H39ClN8O4S/c1-36(44(3)42)26-7-5-4-6-24(26)33-29-23(31)19-32-30(35-29)34-25-9-8-22(18-27(25)43-2)38-12-10-21(11-13-38)39-16-14-37(15-17-39)20-28(40)41/h4-9,18-19,21H,10-17,20H2,1-3H3,(H,40,41)(H2,32,33,34,35). The molecule has 5 rings (SSSR count). The lowest BCUT2D eigenvalue weighted by Crippen LogP contribution is -2.53. The third kappa shape index (κ3) is 7.70. The number of nitrogens with zero attached hydrogens (tertiary/aromatic N) is 6. The lowest BCUT2D eigenvalue weighted by molar-refractivity contribution is -0.138. The normalized spacial score (nSPS) is 17.2. The highest BCUT2D eigenvalue weighted by Crippen LogP contribution is 2.35. The van der Waals surface area contributed by atoms with Gasteiger partial charge in [-0.1, -0.05) is 23.7 Å². The number of piperidine rings is 1. The molecule has 2 aliphatic heterocycles. The van der Waals surface area contributed by atoms with Crippen molar-refractivity contribution in [2.45, 2.75) is 18.9 Å². The molecule has 0 radical (unpaired) electrons. The minimum atomic E-state index is -1.20. The number of hydrogen-bond acceptors (Lipinski definition) is 10. The number of aliphatic carboxylic acids is 1. The SMILES string of the molecule is COc1cc(N2CCC(N3CCN(CC(=O)O)CC3)CC2)ccc1Nc1ncc(Cl)c(Nc2ccccc2N(C)S(C)=O)n1. The van der Waals surface area contributed by atoms with Crippen LogP contribution in [-0.2, 0) is 15.8 Å². The summed E-state index contributed by atoms with van der Waals surface area (Å²) >= 11 is 6.45. The van der Waals surface area contributed by atoms with Gasteiger partial charge in [-0.3, -0.25) is 18.9 Å². The van der Waals surface area contributed by atoms with Crippen LogP contribution in [0, 0.1) is 0 Å². The summed E-state index contributed by atoms with van der Waals surface area (Å²) < 4.78 is 19.5. The Kier molecular flexibility index (Phi) is 10.4. The van der Waals surface area contributed by atoms with Gasteiger partial charge in [-0.15, -0.1) is 0 Å². The first-order valence-electron chi connectivity index (χ1n) is 14.6. The van der Waals surface area contributed by atoms with Gasteiger partial charge in [0, 0.05) is 70.4 Å². The van der Waals surface area contributed by atoms with Gasteiger partial charge in [0.05, 0.1) is 36.9 Å². The molecule has 3 N–H and O–H groups in total. The van der Waals surface area contributed by atoms with Gasteiger partial charge >= 0.3 is 5.97 Å². The molecule has 1 aromatic heterocycles. The van der Waals surface area contributed by atoms with E-state index in [1.54, 1.807) is 24.7 Å². The largest absolute Gasteiger partial charge is 0.494 e. The van der Waals surface area contributed by atoms with Gasteiger partial charge in [0.2, 0.25) is 5.95 Å². The van der Waals surface area contributed by atoms with Crippen molar-refractivity contribution in [1.82, 2.24) is 19.8 Å². The molecule has 2 aliphatic rings. The first kappa shape index (κ1) is 31.8. The number of methoxy groups -OCH3 is 1. The van der Waals surface area contributed by atoms with Crippen molar-refractivity contribution in [3.05, 3.63) is 53.7 Å². The molecule has 3 heterocycles. The number of halogens is 1. The average molecular weight is 643 g/mol. The molecule has 2 fully saturated rings. The van der Waals surface area contributed by atoms with Crippen LogP contribution in [0.25, 0.3) is 0 Å². The fraction of sp³-hybridized carbons (Fsp3) is 0.433. The fourth-order valence-corrected chi connectivity index (χ4v) is 6.28. The third-order valence-corrected chi connectivity index (χ3v) is 9.41. The monoisotopic (exact) mass is 642 g/mol. The summed E-state index contributed by atoms with van der Waals surface area (Å²) in [6.07, 6.45) is 5.26. The number of carboxylic acids is 1. The number of hydrogen-bond donors (Lipinski definition) is 3. The predicted molar refractivity (Wildman–Crippen MR) is 176 cm³/mol. The Bertz CT molecular complexity index is 1480. The van der Waals surface area contributed by atoms with E-state index in [1.165, 1.54) is 6.20 Å². The Hall–Kier alpha value is -3.65. The Labute approximate surface area is 265 Å². The molecule has 3 aromatic rings. The third-order valence-electron chi connectivity index (χ3n) is 8.17. The summed E-state index contributed by atoms with van der Waals surface area (Å²) in [5.41, 5.74) is 3.27. The number of rotatable bonds is 11. The lowest BCUT2D eigenvalue weighted by Gasteiger charge is -2.43. The smallest absolute Gasteiger partial charge is 0.317 e. The van der Waals surface area contributed by atoms with E-state index in [4.69, 9.17) is 21.4 Å². The molecule has 2 saturated heterocycles. The average Bonchev–Trinajstić information content (AvgIpc) is 3.03. The summed E-state index contributed by atoms with van der Waals surface area (Å²) in [7, 11) is 2.20. The van der Waals surface area contributed by atoms with E-state index < -0.39 is 17.0 Å². The second kappa shape index (κ2) is 14.4. The Morgan fingerprint density at radius 2 is 1.82 bits per heavy atom. The number of piperazine rings is 1.